The molecule has 3 aromatic rings. The Labute approximate surface area is 165 Å². The Kier molecular flexibility index (Phi) is 5.07. The molecule has 1 saturated heterocycles. The number of hydrogen-bond acceptors (Lipinski definition) is 8. The van der Waals surface area contributed by atoms with Crippen LogP contribution < -0.4 is 11.0 Å². The molecule has 2 aromatic carbocycles. The summed E-state index contributed by atoms with van der Waals surface area (Å²) in [6.45, 7) is -0.801. The average Bonchev–Trinajstić information content (AvgIpc) is 2.75. The van der Waals surface area contributed by atoms with Gasteiger partial charge in [0.05, 0.1) is 24.1 Å². The summed E-state index contributed by atoms with van der Waals surface area (Å²) in [5.74, 6) is -1.90. The number of benzene rings is 2. The molecule has 0 amide bonds. The molecule has 0 aliphatic carbocycles. The topological polar surface area (TPSA) is 137 Å². The predicted molar refractivity (Wildman–Crippen MR) is 105 cm³/mol. The van der Waals surface area contributed by atoms with Gasteiger partial charge in [-0.05, 0) is 12.1 Å². The summed E-state index contributed by atoms with van der Waals surface area (Å²) in [5.41, 5.74) is 3.54. The average molecular weight is 399 g/mol. The Morgan fingerprint density at radius 3 is 2.55 bits per heavy atom. The van der Waals surface area contributed by atoms with Gasteiger partial charge in [0.25, 0.3) is 5.56 Å². The highest BCUT2D eigenvalue weighted by atomic mass is 16.6. The van der Waals surface area contributed by atoms with Crippen LogP contribution in [0.3, 0.4) is 0 Å². The predicted octanol–water partition coefficient (Wildman–Crippen LogP) is -0.592. The van der Waals surface area contributed by atoms with Crippen molar-refractivity contribution in [3.63, 3.8) is 0 Å². The zero-order valence-corrected chi connectivity index (χ0v) is 15.3. The Bertz CT molecular complexity index is 1070. The van der Waals surface area contributed by atoms with Gasteiger partial charge in [-0.3, -0.25) is 4.79 Å². The lowest BCUT2D eigenvalue weighted by Gasteiger charge is -2.41. The van der Waals surface area contributed by atoms with Gasteiger partial charge in [-0.2, -0.15) is 0 Å². The molecule has 9 nitrogen and oxygen atoms in total. The van der Waals surface area contributed by atoms with E-state index in [4.69, 9.17) is 4.74 Å². The third kappa shape index (κ3) is 3.50. The fourth-order valence-electron chi connectivity index (χ4n) is 3.30. The molecule has 9 heteroatoms. The molecule has 5 N–H and O–H groups in total. The van der Waals surface area contributed by atoms with Crippen molar-refractivity contribution in [3.8, 4) is 11.4 Å². The van der Waals surface area contributed by atoms with Crippen LogP contribution in [0.25, 0.3) is 22.3 Å². The number of nitrogens with one attached hydrogen (secondary N) is 1. The summed E-state index contributed by atoms with van der Waals surface area (Å²) < 4.78 is 6.32. The first-order valence-electron chi connectivity index (χ1n) is 9.12. The van der Waals surface area contributed by atoms with E-state index in [0.717, 1.165) is 0 Å². The number of hydrogen-bond donors (Lipinski definition) is 5. The van der Waals surface area contributed by atoms with E-state index in [1.54, 1.807) is 48.5 Å². The Morgan fingerprint density at radius 1 is 1.10 bits per heavy atom. The van der Waals surface area contributed by atoms with Crippen molar-refractivity contribution in [2.45, 2.75) is 24.1 Å². The molecule has 1 aliphatic heterocycles. The highest BCUT2D eigenvalue weighted by molar-refractivity contribution is 5.79. The van der Waals surface area contributed by atoms with Gasteiger partial charge in [0, 0.05) is 5.56 Å². The molecule has 2 heterocycles. The van der Waals surface area contributed by atoms with E-state index >= 15 is 0 Å². The number of aliphatic hydroxyl groups excluding tert-OH is 3. The maximum absolute atomic E-state index is 13.1. The quantitative estimate of drug-likeness (QED) is 0.393. The lowest BCUT2D eigenvalue weighted by Crippen LogP contribution is -2.64. The fraction of sp³-hybridized carbons (Fsp3) is 0.300. The minimum absolute atomic E-state index is 0.309. The van der Waals surface area contributed by atoms with E-state index in [1.165, 1.54) is 4.68 Å². The largest absolute Gasteiger partial charge is 0.388 e. The first kappa shape index (κ1) is 19.5. The summed E-state index contributed by atoms with van der Waals surface area (Å²) in [5, 5.41) is 40.6. The van der Waals surface area contributed by atoms with Crippen molar-refractivity contribution in [2.75, 3.05) is 18.6 Å². The molecule has 152 valence electrons. The van der Waals surface area contributed by atoms with E-state index < -0.39 is 36.2 Å². The van der Waals surface area contributed by atoms with Crippen molar-refractivity contribution in [2.24, 2.45) is 0 Å². The molecule has 1 aliphatic rings. The van der Waals surface area contributed by atoms with Gasteiger partial charge in [0.2, 0.25) is 5.79 Å². The summed E-state index contributed by atoms with van der Waals surface area (Å²) in [7, 11) is 0. The van der Waals surface area contributed by atoms with E-state index in [-0.39, 0.29) is 6.61 Å². The highest BCUT2D eigenvalue weighted by Gasteiger charge is 2.48. The van der Waals surface area contributed by atoms with Crippen molar-refractivity contribution >= 4 is 10.9 Å². The molecule has 4 rings (SSSR count). The normalized spacial score (nSPS) is 27.1. The smallest absolute Gasteiger partial charge is 0.280 e. The number of aromatic nitrogens is 2. The number of nitrogens with zero attached hydrogens (tertiary/aromatic N) is 2. The zero-order chi connectivity index (χ0) is 20.6. The Balaban J connectivity index is 1.75. The van der Waals surface area contributed by atoms with E-state index in [0.29, 0.717) is 22.3 Å². The number of para-hydroxylation sites is 1. The van der Waals surface area contributed by atoms with Crippen LogP contribution >= 0.6 is 0 Å². The molecule has 0 saturated carbocycles. The van der Waals surface area contributed by atoms with E-state index in [1.807, 2.05) is 6.07 Å². The van der Waals surface area contributed by atoms with Crippen LogP contribution in [0.1, 0.15) is 0 Å². The fourth-order valence-corrected chi connectivity index (χ4v) is 3.30. The van der Waals surface area contributed by atoms with Gasteiger partial charge in [0.15, 0.2) is 5.82 Å². The van der Waals surface area contributed by atoms with E-state index in [9.17, 15) is 25.2 Å². The van der Waals surface area contributed by atoms with Crippen LogP contribution in [-0.2, 0) is 4.74 Å². The second kappa shape index (κ2) is 7.54. The second-order valence-corrected chi connectivity index (χ2v) is 6.95. The van der Waals surface area contributed by atoms with Gasteiger partial charge >= 0.3 is 0 Å². The lowest BCUT2D eigenvalue weighted by molar-refractivity contribution is -0.314. The van der Waals surface area contributed by atoms with Crippen LogP contribution in [-0.4, -0.2) is 67.3 Å². The van der Waals surface area contributed by atoms with Crippen molar-refractivity contribution in [3.05, 3.63) is 65.0 Å². The molecule has 0 spiro atoms. The zero-order valence-electron chi connectivity index (χ0n) is 15.3. The molecular weight excluding hydrogens is 378 g/mol. The van der Waals surface area contributed by atoms with Crippen molar-refractivity contribution in [1.82, 2.24) is 9.66 Å². The standard InChI is InChI=1S/C20H21N3O6/c24-15-10-29-20(28,17(26)16(15)25)11-21-23-18(12-6-2-1-3-7-12)22-14-9-5-4-8-13(14)19(23)27/h1-9,15-17,21,24-26,28H,10-11H2/t15-,16-,17-,20+/m1/s1. The van der Waals surface area contributed by atoms with Crippen LogP contribution in [0.2, 0.25) is 0 Å². The number of fused-ring (bicyclic) bond motifs is 1. The van der Waals surface area contributed by atoms with Crippen LogP contribution in [0.4, 0.5) is 0 Å². The molecule has 0 unspecified atom stereocenters. The van der Waals surface area contributed by atoms with Crippen LogP contribution in [0.5, 0.6) is 0 Å². The molecule has 4 atom stereocenters. The SMILES string of the molecule is O=c1c2ccccc2nc(-c2ccccc2)n1NC[C@]1(O)OC[C@@H](O)[C@@H](O)[C@H]1O. The van der Waals surface area contributed by atoms with Gasteiger partial charge in [-0.15, -0.1) is 0 Å². The Hall–Kier alpha value is -2.82. The van der Waals surface area contributed by atoms with Crippen LogP contribution in [0.15, 0.2) is 59.4 Å². The van der Waals surface area contributed by atoms with Gasteiger partial charge in [-0.25, -0.2) is 9.66 Å². The molecule has 0 radical (unpaired) electrons. The van der Waals surface area contributed by atoms with Crippen LogP contribution in [0, 0.1) is 0 Å². The maximum atomic E-state index is 13.1. The number of ether oxygens (including phenoxy) is 1. The molecular formula is C20H21N3O6. The first-order valence-corrected chi connectivity index (χ1v) is 9.12. The molecule has 1 fully saturated rings. The third-order valence-electron chi connectivity index (χ3n) is 4.98. The first-order chi connectivity index (χ1) is 13.9. The minimum Gasteiger partial charge on any atom is -0.388 e. The molecule has 29 heavy (non-hydrogen) atoms. The lowest BCUT2D eigenvalue weighted by atomic mass is 9.97. The monoisotopic (exact) mass is 399 g/mol. The summed E-state index contributed by atoms with van der Waals surface area (Å²) in [6, 6.07) is 15.9. The third-order valence-corrected chi connectivity index (χ3v) is 4.98. The summed E-state index contributed by atoms with van der Waals surface area (Å²) in [6.07, 6.45) is -4.69. The summed E-state index contributed by atoms with van der Waals surface area (Å²) >= 11 is 0. The molecule has 0 bridgehead atoms. The number of aliphatic hydroxyl groups is 4. The Morgan fingerprint density at radius 2 is 1.79 bits per heavy atom. The van der Waals surface area contributed by atoms with Gasteiger partial charge in [0.1, 0.15) is 18.3 Å². The molecule has 1 aromatic heterocycles. The van der Waals surface area contributed by atoms with Crippen molar-refractivity contribution < 1.29 is 25.2 Å². The second-order valence-electron chi connectivity index (χ2n) is 6.95. The highest BCUT2D eigenvalue weighted by Crippen LogP contribution is 2.24. The van der Waals surface area contributed by atoms with E-state index in [2.05, 4.69) is 10.4 Å². The minimum atomic E-state index is -2.21. The number of rotatable bonds is 4. The van der Waals surface area contributed by atoms with Gasteiger partial charge in [-0.1, -0.05) is 42.5 Å². The summed E-state index contributed by atoms with van der Waals surface area (Å²) in [4.78, 5) is 17.6. The van der Waals surface area contributed by atoms with Crippen molar-refractivity contribution in [1.29, 1.82) is 0 Å². The van der Waals surface area contributed by atoms with Gasteiger partial charge < -0.3 is 30.6 Å². The maximum Gasteiger partial charge on any atom is 0.280 e.